The Morgan fingerprint density at radius 3 is 2.63 bits per heavy atom. The average molecular weight is 482 g/mol. The Kier molecular flexibility index (Phi) is 6.62. The van der Waals surface area contributed by atoms with Crippen LogP contribution in [0.1, 0.15) is 19.4 Å². The van der Waals surface area contributed by atoms with Crippen LogP contribution in [-0.4, -0.2) is 38.6 Å². The minimum atomic E-state index is -1.02. The molecule has 0 spiro atoms. The molecule has 9 nitrogen and oxygen atoms in total. The summed E-state index contributed by atoms with van der Waals surface area (Å²) >= 11 is 0. The van der Waals surface area contributed by atoms with E-state index in [1.807, 2.05) is 6.92 Å². The number of aliphatic imine (C=N–C) groups is 1. The Morgan fingerprint density at radius 2 is 1.94 bits per heavy atom. The molecule has 0 fully saturated rings. The number of nitrogens with zero attached hydrogens (tertiary/aromatic N) is 6. The number of aromatic nitrogens is 4. The second kappa shape index (κ2) is 9.79. The number of ether oxygens (including phenoxy) is 1. The van der Waals surface area contributed by atoms with Crippen LogP contribution in [0.3, 0.4) is 0 Å². The van der Waals surface area contributed by atoms with Crippen LogP contribution < -0.4 is 16.3 Å². The van der Waals surface area contributed by atoms with Crippen molar-refractivity contribution in [3.63, 3.8) is 0 Å². The van der Waals surface area contributed by atoms with E-state index in [1.54, 1.807) is 10.8 Å². The minimum Gasteiger partial charge on any atom is -0.481 e. The van der Waals surface area contributed by atoms with E-state index in [0.29, 0.717) is 34.3 Å². The van der Waals surface area contributed by atoms with Gasteiger partial charge in [0, 0.05) is 23.4 Å². The Morgan fingerprint density at radius 1 is 1.14 bits per heavy atom. The molecule has 0 aliphatic carbocycles. The van der Waals surface area contributed by atoms with Crippen LogP contribution in [0.25, 0.3) is 22.2 Å². The molecule has 0 bridgehead atoms. The summed E-state index contributed by atoms with van der Waals surface area (Å²) < 4.78 is 48.0. The first-order valence-corrected chi connectivity index (χ1v) is 10.5. The van der Waals surface area contributed by atoms with E-state index in [4.69, 9.17) is 16.3 Å². The zero-order chi connectivity index (χ0) is 25.1. The van der Waals surface area contributed by atoms with Crippen molar-refractivity contribution >= 4 is 34.5 Å². The van der Waals surface area contributed by atoms with Crippen molar-refractivity contribution in [2.75, 3.05) is 12.8 Å². The monoisotopic (exact) mass is 482 g/mol. The van der Waals surface area contributed by atoms with Crippen molar-refractivity contribution in [2.24, 2.45) is 15.9 Å². The smallest absolute Gasteiger partial charge is 0.221 e. The molecule has 0 aliphatic heterocycles. The summed E-state index contributed by atoms with van der Waals surface area (Å²) in [6, 6.07) is 4.05. The van der Waals surface area contributed by atoms with E-state index in [9.17, 15) is 13.2 Å². The number of methoxy groups -OCH3 is 1. The number of fused-ring (bicyclic) bond motifs is 1. The van der Waals surface area contributed by atoms with Crippen LogP contribution in [0.4, 0.5) is 24.7 Å². The van der Waals surface area contributed by atoms with Gasteiger partial charge >= 0.3 is 0 Å². The van der Waals surface area contributed by atoms with E-state index in [0.717, 1.165) is 18.3 Å². The topological polar surface area (TPSA) is 130 Å². The van der Waals surface area contributed by atoms with Gasteiger partial charge in [-0.2, -0.15) is 5.10 Å². The molecule has 0 radical (unpaired) electrons. The summed E-state index contributed by atoms with van der Waals surface area (Å²) in [6.45, 7) is 1.89. The van der Waals surface area contributed by atoms with Crippen LogP contribution in [0, 0.1) is 17.5 Å². The molecule has 3 aromatic heterocycles. The third-order valence-electron chi connectivity index (χ3n) is 5.40. The SMILES string of the molecule is CCC(C(C=Nc1ccc(F)c(F)c1)=NN)n1cc(-c2cc(F)cnc2OC)c2c(N)ncnc21. The summed E-state index contributed by atoms with van der Waals surface area (Å²) in [4.78, 5) is 16.6. The number of anilines is 1. The molecule has 4 rings (SSSR count). The zero-order valence-corrected chi connectivity index (χ0v) is 18.8. The molecule has 0 aliphatic rings. The van der Waals surface area contributed by atoms with Crippen LogP contribution in [0.5, 0.6) is 5.88 Å². The molecule has 3 heterocycles. The van der Waals surface area contributed by atoms with Crippen molar-refractivity contribution in [3.8, 4) is 17.0 Å². The number of pyridine rings is 1. The van der Waals surface area contributed by atoms with Crippen LogP contribution in [0.15, 0.2) is 53.1 Å². The molecular formula is C23H21F3N8O. The highest BCUT2D eigenvalue weighted by atomic mass is 19.2. The minimum absolute atomic E-state index is 0.173. The first-order chi connectivity index (χ1) is 16.9. The molecule has 1 unspecified atom stereocenters. The number of rotatable bonds is 7. The predicted molar refractivity (Wildman–Crippen MR) is 127 cm³/mol. The quantitative estimate of drug-likeness (QED) is 0.231. The molecule has 180 valence electrons. The van der Waals surface area contributed by atoms with Crippen molar-refractivity contribution in [2.45, 2.75) is 19.4 Å². The van der Waals surface area contributed by atoms with E-state index in [-0.39, 0.29) is 17.4 Å². The molecule has 1 atom stereocenters. The standard InChI is InChI=1S/C23H21F3N8O/c1-3-19(18(33-28)9-29-13-4-5-16(25)17(26)7-13)34-10-15(20-21(27)31-11-32-22(20)34)14-6-12(24)8-30-23(14)35-2/h4-11,19H,3,28H2,1-2H3,(H2,27,31,32). The van der Waals surface area contributed by atoms with Gasteiger partial charge in [0.15, 0.2) is 11.6 Å². The molecule has 0 amide bonds. The van der Waals surface area contributed by atoms with Gasteiger partial charge in [0.2, 0.25) is 5.88 Å². The van der Waals surface area contributed by atoms with Crippen molar-refractivity contribution in [1.82, 2.24) is 19.5 Å². The Hall–Kier alpha value is -4.48. The second-order valence-corrected chi connectivity index (χ2v) is 7.45. The number of halogens is 3. The maximum absolute atomic E-state index is 14.1. The average Bonchev–Trinajstić information content (AvgIpc) is 3.24. The molecule has 0 saturated heterocycles. The summed E-state index contributed by atoms with van der Waals surface area (Å²) in [7, 11) is 1.42. The number of nitrogen functional groups attached to an aromatic ring is 1. The Bertz CT molecular complexity index is 1450. The molecule has 4 N–H and O–H groups in total. The maximum Gasteiger partial charge on any atom is 0.221 e. The predicted octanol–water partition coefficient (Wildman–Crippen LogP) is 4.17. The molecule has 0 saturated carbocycles. The summed E-state index contributed by atoms with van der Waals surface area (Å²) in [5, 5.41) is 4.32. The van der Waals surface area contributed by atoms with Crippen molar-refractivity contribution in [1.29, 1.82) is 0 Å². The van der Waals surface area contributed by atoms with Crippen LogP contribution in [0.2, 0.25) is 0 Å². The van der Waals surface area contributed by atoms with Gasteiger partial charge in [0.05, 0.1) is 36.6 Å². The lowest BCUT2D eigenvalue weighted by atomic mass is 10.1. The third kappa shape index (κ3) is 4.50. The molecule has 1 aromatic carbocycles. The largest absolute Gasteiger partial charge is 0.481 e. The van der Waals surface area contributed by atoms with E-state index in [1.165, 1.54) is 31.8 Å². The highest BCUT2D eigenvalue weighted by Gasteiger charge is 2.24. The Balaban J connectivity index is 1.85. The van der Waals surface area contributed by atoms with Crippen LogP contribution in [-0.2, 0) is 0 Å². The molecule has 12 heteroatoms. The molecule has 4 aromatic rings. The van der Waals surface area contributed by atoms with Gasteiger partial charge in [-0.25, -0.2) is 28.1 Å². The summed E-state index contributed by atoms with van der Waals surface area (Å²) in [5.41, 5.74) is 7.97. The summed E-state index contributed by atoms with van der Waals surface area (Å²) in [6.07, 6.45) is 5.91. The number of nitrogens with two attached hydrogens (primary N) is 2. The lowest BCUT2D eigenvalue weighted by molar-refractivity contribution is 0.398. The number of hydrazone groups is 1. The lowest BCUT2D eigenvalue weighted by Gasteiger charge is -2.17. The van der Waals surface area contributed by atoms with Gasteiger partial charge in [-0.15, -0.1) is 0 Å². The van der Waals surface area contributed by atoms with Crippen molar-refractivity contribution in [3.05, 3.63) is 60.4 Å². The van der Waals surface area contributed by atoms with Gasteiger partial charge in [0.25, 0.3) is 0 Å². The Labute approximate surface area is 198 Å². The van der Waals surface area contributed by atoms with Crippen LogP contribution >= 0.6 is 0 Å². The maximum atomic E-state index is 14.1. The van der Waals surface area contributed by atoms with E-state index >= 15 is 0 Å². The van der Waals surface area contributed by atoms with Gasteiger partial charge < -0.3 is 20.9 Å². The fourth-order valence-electron chi connectivity index (χ4n) is 3.79. The zero-order valence-electron chi connectivity index (χ0n) is 18.8. The number of benzene rings is 1. The van der Waals surface area contributed by atoms with Gasteiger partial charge in [0.1, 0.15) is 29.3 Å². The fraction of sp³-hybridized carbons (Fsp3) is 0.174. The first kappa shape index (κ1) is 23.7. The highest BCUT2D eigenvalue weighted by Crippen LogP contribution is 2.38. The molecular weight excluding hydrogens is 461 g/mol. The van der Waals surface area contributed by atoms with Gasteiger partial charge in [-0.3, -0.25) is 4.99 Å². The van der Waals surface area contributed by atoms with E-state index in [2.05, 4.69) is 25.0 Å². The van der Waals surface area contributed by atoms with Crippen molar-refractivity contribution < 1.29 is 17.9 Å². The number of hydrogen-bond donors (Lipinski definition) is 2. The summed E-state index contributed by atoms with van der Waals surface area (Å²) in [5.74, 6) is 3.47. The second-order valence-electron chi connectivity index (χ2n) is 7.45. The number of hydrogen-bond acceptors (Lipinski definition) is 8. The van der Waals surface area contributed by atoms with Gasteiger partial charge in [-0.05, 0) is 24.6 Å². The highest BCUT2D eigenvalue weighted by molar-refractivity contribution is 6.32. The molecule has 35 heavy (non-hydrogen) atoms. The van der Waals surface area contributed by atoms with E-state index < -0.39 is 23.5 Å². The first-order valence-electron chi connectivity index (χ1n) is 10.5. The lowest BCUT2D eigenvalue weighted by Crippen LogP contribution is -2.21. The normalized spacial score (nSPS) is 13.0. The third-order valence-corrected chi connectivity index (χ3v) is 5.40. The van der Waals surface area contributed by atoms with Gasteiger partial charge in [-0.1, -0.05) is 6.92 Å². The fourth-order valence-corrected chi connectivity index (χ4v) is 3.79.